The Balaban J connectivity index is 1.23. The molecule has 1 aliphatic rings. The zero-order valence-electron chi connectivity index (χ0n) is 19.1. The van der Waals surface area contributed by atoms with Crippen LogP contribution in [0.15, 0.2) is 67.1 Å². The second-order valence-corrected chi connectivity index (χ2v) is 8.26. The summed E-state index contributed by atoms with van der Waals surface area (Å²) in [7, 11) is 1.87. The Morgan fingerprint density at radius 2 is 2.00 bits per heavy atom. The van der Waals surface area contributed by atoms with Crippen molar-refractivity contribution in [2.24, 2.45) is 0 Å². The summed E-state index contributed by atoms with van der Waals surface area (Å²) >= 11 is 0. The molecule has 9 nitrogen and oxygen atoms in total. The van der Waals surface area contributed by atoms with Crippen molar-refractivity contribution < 1.29 is 13.9 Å². The highest BCUT2D eigenvalue weighted by molar-refractivity contribution is 5.79. The number of aromatic amines is 1. The zero-order chi connectivity index (χ0) is 24.2. The fraction of sp³-hybridized carbons (Fsp3) is 0.240. The molecule has 0 fully saturated rings. The summed E-state index contributed by atoms with van der Waals surface area (Å²) in [4.78, 5) is 28.8. The van der Waals surface area contributed by atoms with E-state index in [4.69, 9.17) is 4.74 Å². The number of rotatable bonds is 7. The van der Waals surface area contributed by atoms with Gasteiger partial charge in [0.1, 0.15) is 11.9 Å². The van der Waals surface area contributed by atoms with E-state index in [2.05, 4.69) is 25.1 Å². The Labute approximate surface area is 201 Å². The van der Waals surface area contributed by atoms with Gasteiger partial charge in [0, 0.05) is 44.5 Å². The highest BCUT2D eigenvalue weighted by Gasteiger charge is 2.35. The molecule has 1 amide bonds. The maximum Gasteiger partial charge on any atom is 0.261 e. The van der Waals surface area contributed by atoms with Crippen LogP contribution in [0, 0.1) is 5.82 Å². The van der Waals surface area contributed by atoms with Crippen molar-refractivity contribution in [2.75, 3.05) is 25.1 Å². The first kappa shape index (κ1) is 22.5. The molecular weight excluding hydrogens is 449 g/mol. The third-order valence-electron chi connectivity index (χ3n) is 5.91. The average Bonchev–Trinajstić information content (AvgIpc) is 3.38. The molecule has 0 bridgehead atoms. The fourth-order valence-corrected chi connectivity index (χ4v) is 4.14. The molecule has 4 heterocycles. The smallest absolute Gasteiger partial charge is 0.261 e. The summed E-state index contributed by atoms with van der Waals surface area (Å²) in [6.07, 6.45) is 4.04. The lowest BCUT2D eigenvalue weighted by Gasteiger charge is -2.34. The number of fused-ring (bicyclic) bond motifs is 1. The van der Waals surface area contributed by atoms with Crippen LogP contribution in [0.2, 0.25) is 0 Å². The zero-order valence-corrected chi connectivity index (χ0v) is 19.1. The van der Waals surface area contributed by atoms with Crippen molar-refractivity contribution in [2.45, 2.75) is 19.0 Å². The Hall–Kier alpha value is -4.34. The lowest BCUT2D eigenvalue weighted by atomic mass is 9.99. The first-order valence-electron chi connectivity index (χ1n) is 11.2. The van der Waals surface area contributed by atoms with Crippen molar-refractivity contribution in [1.82, 2.24) is 30.0 Å². The number of H-pyrrole nitrogens is 1. The van der Waals surface area contributed by atoms with Crippen molar-refractivity contribution in [3.63, 3.8) is 0 Å². The third kappa shape index (κ3) is 4.96. The number of halogens is 1. The Morgan fingerprint density at radius 1 is 1.14 bits per heavy atom. The molecule has 4 aromatic rings. The molecule has 178 valence electrons. The maximum absolute atomic E-state index is 13.1. The molecule has 1 aromatic carbocycles. The highest BCUT2D eigenvalue weighted by Crippen LogP contribution is 2.32. The monoisotopic (exact) mass is 473 g/mol. The van der Waals surface area contributed by atoms with Crippen LogP contribution < -0.4 is 9.64 Å². The van der Waals surface area contributed by atoms with Crippen LogP contribution in [0.25, 0.3) is 0 Å². The molecule has 35 heavy (non-hydrogen) atoms. The van der Waals surface area contributed by atoms with E-state index in [1.807, 2.05) is 30.1 Å². The molecule has 10 heteroatoms. The largest absolute Gasteiger partial charge is 0.466 e. The summed E-state index contributed by atoms with van der Waals surface area (Å²) in [5.41, 5.74) is 3.52. The van der Waals surface area contributed by atoms with Gasteiger partial charge in [0.15, 0.2) is 12.4 Å². The molecule has 1 N–H and O–H groups in total. The van der Waals surface area contributed by atoms with Gasteiger partial charge in [0.2, 0.25) is 5.88 Å². The highest BCUT2D eigenvalue weighted by atomic mass is 19.1. The van der Waals surface area contributed by atoms with Gasteiger partial charge in [0.25, 0.3) is 5.91 Å². The average molecular weight is 474 g/mol. The van der Waals surface area contributed by atoms with Crippen molar-refractivity contribution in [1.29, 1.82) is 0 Å². The summed E-state index contributed by atoms with van der Waals surface area (Å²) < 4.78 is 18.8. The predicted octanol–water partition coefficient (Wildman–Crippen LogP) is 2.92. The Kier molecular flexibility index (Phi) is 6.34. The number of imidazole rings is 1. The SMILES string of the molecule is CN(Cc1ccc(F)cc1)c1ccc(OCC(=O)N2CCc3[nH]cnc3[C@@H]2c2ccccn2)nn1. The molecule has 1 aliphatic heterocycles. The second-order valence-electron chi connectivity index (χ2n) is 8.26. The number of ether oxygens (including phenoxy) is 1. The van der Waals surface area contributed by atoms with E-state index in [1.54, 1.807) is 41.7 Å². The van der Waals surface area contributed by atoms with Gasteiger partial charge in [-0.2, -0.15) is 0 Å². The molecular formula is C25H24FN7O2. The number of benzene rings is 1. The maximum atomic E-state index is 13.1. The minimum Gasteiger partial charge on any atom is -0.466 e. The van der Waals surface area contributed by atoms with Gasteiger partial charge in [-0.05, 0) is 35.9 Å². The Bertz CT molecular complexity index is 1280. The van der Waals surface area contributed by atoms with Gasteiger partial charge in [-0.25, -0.2) is 9.37 Å². The Morgan fingerprint density at radius 3 is 2.74 bits per heavy atom. The molecule has 0 aliphatic carbocycles. The van der Waals surface area contributed by atoms with Crippen LogP contribution in [0.3, 0.4) is 0 Å². The number of aromatic nitrogens is 5. The number of nitrogens with one attached hydrogen (secondary N) is 1. The summed E-state index contributed by atoms with van der Waals surface area (Å²) in [5, 5.41) is 8.30. The van der Waals surface area contributed by atoms with E-state index in [1.165, 1.54) is 12.1 Å². The summed E-state index contributed by atoms with van der Waals surface area (Å²) in [6.45, 7) is 0.895. The van der Waals surface area contributed by atoms with E-state index in [9.17, 15) is 9.18 Å². The van der Waals surface area contributed by atoms with Gasteiger partial charge in [-0.1, -0.05) is 18.2 Å². The van der Waals surface area contributed by atoms with Crippen LogP contribution in [0.5, 0.6) is 5.88 Å². The standard InChI is InChI=1S/C25H24FN7O2/c1-32(14-17-5-7-18(26)8-6-17)21-9-10-22(31-30-21)35-15-23(34)33-13-11-19-24(29-16-28-19)25(33)20-4-2-3-12-27-20/h2-10,12,16,25H,11,13-15H2,1H3,(H,28,29)/t25-/m0/s1. The second kappa shape index (κ2) is 9.88. The van der Waals surface area contributed by atoms with Crippen LogP contribution >= 0.6 is 0 Å². The molecule has 3 aromatic heterocycles. The quantitative estimate of drug-likeness (QED) is 0.441. The first-order chi connectivity index (χ1) is 17.1. The lowest BCUT2D eigenvalue weighted by molar-refractivity contribution is -0.135. The molecule has 0 unspecified atom stereocenters. The topological polar surface area (TPSA) is 100 Å². The van der Waals surface area contributed by atoms with E-state index in [0.717, 1.165) is 22.6 Å². The minimum atomic E-state index is -0.379. The molecule has 1 atom stereocenters. The van der Waals surface area contributed by atoms with Crippen LogP contribution in [-0.2, 0) is 17.8 Å². The third-order valence-corrected chi connectivity index (χ3v) is 5.91. The molecule has 0 spiro atoms. The first-order valence-corrected chi connectivity index (χ1v) is 11.2. The van der Waals surface area contributed by atoms with Crippen molar-refractivity contribution >= 4 is 11.7 Å². The number of hydrogen-bond donors (Lipinski definition) is 1. The van der Waals surface area contributed by atoms with Crippen molar-refractivity contribution in [3.05, 3.63) is 95.6 Å². The normalized spacial score (nSPS) is 14.9. The predicted molar refractivity (Wildman–Crippen MR) is 126 cm³/mol. The molecule has 5 rings (SSSR count). The van der Waals surface area contributed by atoms with E-state index in [-0.39, 0.29) is 30.3 Å². The van der Waals surface area contributed by atoms with Gasteiger partial charge < -0.3 is 19.5 Å². The summed E-state index contributed by atoms with van der Waals surface area (Å²) in [5.74, 6) is 0.427. The van der Waals surface area contributed by atoms with Gasteiger partial charge >= 0.3 is 0 Å². The minimum absolute atomic E-state index is 0.178. The number of hydrogen-bond acceptors (Lipinski definition) is 7. The number of amides is 1. The van der Waals surface area contributed by atoms with E-state index in [0.29, 0.717) is 25.3 Å². The summed E-state index contributed by atoms with van der Waals surface area (Å²) in [6, 6.07) is 15.0. The molecule has 0 saturated carbocycles. The number of nitrogens with zero attached hydrogens (tertiary/aromatic N) is 6. The van der Waals surface area contributed by atoms with Crippen LogP contribution in [0.1, 0.15) is 28.7 Å². The number of pyridine rings is 1. The van der Waals surface area contributed by atoms with Crippen LogP contribution in [0.4, 0.5) is 10.2 Å². The molecule has 0 saturated heterocycles. The van der Waals surface area contributed by atoms with E-state index >= 15 is 0 Å². The van der Waals surface area contributed by atoms with Crippen LogP contribution in [-0.4, -0.2) is 56.2 Å². The van der Waals surface area contributed by atoms with Gasteiger partial charge in [-0.15, -0.1) is 10.2 Å². The number of carbonyl (C=O) groups is 1. The van der Waals surface area contributed by atoms with E-state index < -0.39 is 0 Å². The fourth-order valence-electron chi connectivity index (χ4n) is 4.14. The number of carbonyl (C=O) groups excluding carboxylic acids is 1. The lowest BCUT2D eigenvalue weighted by Crippen LogP contribution is -2.43. The van der Waals surface area contributed by atoms with Crippen molar-refractivity contribution in [3.8, 4) is 5.88 Å². The number of anilines is 1. The van der Waals surface area contributed by atoms with Gasteiger partial charge in [0.05, 0.1) is 17.7 Å². The van der Waals surface area contributed by atoms with Gasteiger partial charge in [-0.3, -0.25) is 9.78 Å². The molecule has 0 radical (unpaired) electrons.